The number of nitrogens with one attached hydrogen (secondary N) is 1. The Hall–Kier alpha value is -1.33. The smallest absolute Gasteiger partial charge is 0.127 e. The minimum atomic E-state index is -0.140. The molecule has 1 unspecified atom stereocenters. The van der Waals surface area contributed by atoms with Gasteiger partial charge >= 0.3 is 0 Å². The zero-order chi connectivity index (χ0) is 11.8. The summed E-state index contributed by atoms with van der Waals surface area (Å²) < 4.78 is 13.5. The summed E-state index contributed by atoms with van der Waals surface area (Å²) in [6.07, 6.45) is 7.74. The van der Waals surface area contributed by atoms with E-state index in [1.54, 1.807) is 6.07 Å². The predicted molar refractivity (Wildman–Crippen MR) is 65.5 cm³/mol. The van der Waals surface area contributed by atoms with Crippen molar-refractivity contribution in [3.8, 4) is 12.3 Å². The van der Waals surface area contributed by atoms with E-state index >= 15 is 0 Å². The first kappa shape index (κ1) is 12.7. The Morgan fingerprint density at radius 3 is 2.81 bits per heavy atom. The molecule has 1 atom stereocenters. The third-order valence-corrected chi connectivity index (χ3v) is 2.58. The maximum Gasteiger partial charge on any atom is 0.127 e. The van der Waals surface area contributed by atoms with Gasteiger partial charge in [0, 0.05) is 18.0 Å². The molecule has 0 amide bonds. The highest BCUT2D eigenvalue weighted by molar-refractivity contribution is 5.21. The quantitative estimate of drug-likeness (QED) is 0.572. The van der Waals surface area contributed by atoms with E-state index in [2.05, 4.69) is 11.2 Å². The minimum Gasteiger partial charge on any atom is -0.310 e. The van der Waals surface area contributed by atoms with Crippen molar-refractivity contribution < 1.29 is 4.39 Å². The molecule has 16 heavy (non-hydrogen) atoms. The van der Waals surface area contributed by atoms with Gasteiger partial charge in [-0.15, -0.1) is 12.3 Å². The first-order valence-electron chi connectivity index (χ1n) is 5.70. The molecular formula is C14H18FN. The lowest BCUT2D eigenvalue weighted by Crippen LogP contribution is -2.22. The summed E-state index contributed by atoms with van der Waals surface area (Å²) in [4.78, 5) is 0. The van der Waals surface area contributed by atoms with Gasteiger partial charge in [-0.2, -0.15) is 0 Å². The van der Waals surface area contributed by atoms with Crippen molar-refractivity contribution in [2.45, 2.75) is 32.2 Å². The summed E-state index contributed by atoms with van der Waals surface area (Å²) >= 11 is 0. The predicted octanol–water partition coefficient (Wildman–Crippen LogP) is 3.28. The van der Waals surface area contributed by atoms with Gasteiger partial charge in [0.15, 0.2) is 0 Å². The van der Waals surface area contributed by atoms with E-state index in [9.17, 15) is 4.39 Å². The van der Waals surface area contributed by atoms with Crippen molar-refractivity contribution in [1.82, 2.24) is 5.32 Å². The van der Waals surface area contributed by atoms with Gasteiger partial charge in [0.05, 0.1) is 0 Å². The third kappa shape index (κ3) is 3.67. The van der Waals surface area contributed by atoms with E-state index in [1.807, 2.05) is 19.1 Å². The maximum atomic E-state index is 13.5. The molecule has 0 saturated heterocycles. The van der Waals surface area contributed by atoms with Gasteiger partial charge in [0.2, 0.25) is 0 Å². The van der Waals surface area contributed by atoms with E-state index in [0.717, 1.165) is 31.4 Å². The summed E-state index contributed by atoms with van der Waals surface area (Å²) in [5.74, 6) is 2.46. The topological polar surface area (TPSA) is 12.0 Å². The molecule has 0 aliphatic rings. The number of hydrogen-bond donors (Lipinski definition) is 1. The average Bonchev–Trinajstić information content (AvgIpc) is 2.31. The van der Waals surface area contributed by atoms with Crippen molar-refractivity contribution in [3.05, 3.63) is 35.6 Å². The molecule has 2 heteroatoms. The molecular weight excluding hydrogens is 201 g/mol. The highest BCUT2D eigenvalue weighted by Gasteiger charge is 2.11. The molecule has 1 rings (SSSR count). The second kappa shape index (κ2) is 7.03. The Labute approximate surface area is 97.1 Å². The van der Waals surface area contributed by atoms with Crippen LogP contribution < -0.4 is 5.32 Å². The molecule has 1 aromatic rings. The van der Waals surface area contributed by atoms with Gasteiger partial charge in [-0.25, -0.2) is 4.39 Å². The van der Waals surface area contributed by atoms with Crippen LogP contribution in [0.4, 0.5) is 4.39 Å². The van der Waals surface area contributed by atoms with Crippen LogP contribution >= 0.6 is 0 Å². The second-order valence-corrected chi connectivity index (χ2v) is 3.74. The number of unbranched alkanes of at least 4 members (excludes halogenated alkanes) is 1. The summed E-state index contributed by atoms with van der Waals surface area (Å²) in [6, 6.07) is 6.99. The molecule has 0 heterocycles. The molecule has 0 radical (unpaired) electrons. The third-order valence-electron chi connectivity index (χ3n) is 2.58. The fourth-order valence-corrected chi connectivity index (χ4v) is 1.70. The van der Waals surface area contributed by atoms with Crippen molar-refractivity contribution >= 4 is 0 Å². The maximum absolute atomic E-state index is 13.5. The number of terminal acetylenes is 1. The van der Waals surface area contributed by atoms with Crippen molar-refractivity contribution in [3.63, 3.8) is 0 Å². The number of halogens is 1. The number of hydrogen-bond acceptors (Lipinski definition) is 1. The van der Waals surface area contributed by atoms with Gasteiger partial charge in [0.1, 0.15) is 5.82 Å². The molecule has 1 nitrogen and oxygen atoms in total. The van der Waals surface area contributed by atoms with Gasteiger partial charge in [-0.3, -0.25) is 0 Å². The van der Waals surface area contributed by atoms with Crippen LogP contribution in [0.25, 0.3) is 0 Å². The molecule has 1 aromatic carbocycles. The number of rotatable bonds is 6. The molecule has 0 aliphatic carbocycles. The van der Waals surface area contributed by atoms with E-state index in [4.69, 9.17) is 6.42 Å². The largest absolute Gasteiger partial charge is 0.310 e. The first-order chi connectivity index (χ1) is 7.79. The fraction of sp³-hybridized carbons (Fsp3) is 0.429. The van der Waals surface area contributed by atoms with Gasteiger partial charge in [-0.05, 0) is 25.5 Å². The Morgan fingerprint density at radius 1 is 1.44 bits per heavy atom. The second-order valence-electron chi connectivity index (χ2n) is 3.74. The summed E-state index contributed by atoms with van der Waals surface area (Å²) in [5, 5.41) is 3.33. The van der Waals surface area contributed by atoms with Crippen LogP contribution in [0.2, 0.25) is 0 Å². The molecule has 0 spiro atoms. The molecule has 0 aliphatic heterocycles. The van der Waals surface area contributed by atoms with Crippen LogP contribution in [0, 0.1) is 18.2 Å². The average molecular weight is 219 g/mol. The normalized spacial score (nSPS) is 12.1. The Balaban J connectivity index is 2.55. The molecule has 0 fully saturated rings. The van der Waals surface area contributed by atoms with Crippen molar-refractivity contribution in [1.29, 1.82) is 0 Å². The van der Waals surface area contributed by atoms with Gasteiger partial charge < -0.3 is 5.32 Å². The van der Waals surface area contributed by atoms with Crippen LogP contribution in [0.1, 0.15) is 37.8 Å². The van der Waals surface area contributed by atoms with E-state index in [-0.39, 0.29) is 11.9 Å². The molecule has 0 saturated carbocycles. The van der Waals surface area contributed by atoms with Crippen molar-refractivity contribution in [2.75, 3.05) is 6.54 Å². The zero-order valence-electron chi connectivity index (χ0n) is 9.67. The summed E-state index contributed by atoms with van der Waals surface area (Å²) in [6.45, 7) is 2.88. The van der Waals surface area contributed by atoms with E-state index < -0.39 is 0 Å². The SMILES string of the molecule is C#CCCCNC(CC)c1ccccc1F. The van der Waals surface area contributed by atoms with E-state index in [1.165, 1.54) is 6.07 Å². The Kier molecular flexibility index (Phi) is 5.60. The molecule has 0 aromatic heterocycles. The monoisotopic (exact) mass is 219 g/mol. The van der Waals surface area contributed by atoms with Gasteiger partial charge in [-0.1, -0.05) is 25.1 Å². The zero-order valence-corrected chi connectivity index (χ0v) is 9.67. The fourth-order valence-electron chi connectivity index (χ4n) is 1.70. The van der Waals surface area contributed by atoms with Crippen molar-refractivity contribution in [2.24, 2.45) is 0 Å². The standard InChI is InChI=1S/C14H18FN/c1-3-5-8-11-16-14(4-2)12-9-6-7-10-13(12)15/h1,6-7,9-10,14,16H,4-5,8,11H2,2H3. The Morgan fingerprint density at radius 2 is 2.19 bits per heavy atom. The van der Waals surface area contributed by atoms with Crippen LogP contribution in [0.3, 0.4) is 0 Å². The highest BCUT2D eigenvalue weighted by Crippen LogP contribution is 2.19. The summed E-state index contributed by atoms with van der Waals surface area (Å²) in [7, 11) is 0. The summed E-state index contributed by atoms with van der Waals surface area (Å²) in [5.41, 5.74) is 0.741. The lowest BCUT2D eigenvalue weighted by Gasteiger charge is -2.17. The first-order valence-corrected chi connectivity index (χ1v) is 5.70. The van der Waals surface area contributed by atoms with Crippen LogP contribution in [-0.4, -0.2) is 6.54 Å². The minimum absolute atomic E-state index is 0.0824. The molecule has 0 bridgehead atoms. The Bertz CT molecular complexity index is 354. The molecule has 1 N–H and O–H groups in total. The van der Waals surface area contributed by atoms with Crippen LogP contribution in [0.5, 0.6) is 0 Å². The van der Waals surface area contributed by atoms with E-state index in [0.29, 0.717) is 0 Å². The number of benzene rings is 1. The van der Waals surface area contributed by atoms with Crippen LogP contribution in [-0.2, 0) is 0 Å². The molecule has 86 valence electrons. The van der Waals surface area contributed by atoms with Crippen LogP contribution in [0.15, 0.2) is 24.3 Å². The van der Waals surface area contributed by atoms with Gasteiger partial charge in [0.25, 0.3) is 0 Å². The lowest BCUT2D eigenvalue weighted by molar-refractivity contribution is 0.485. The lowest BCUT2D eigenvalue weighted by atomic mass is 10.0. The highest BCUT2D eigenvalue weighted by atomic mass is 19.1.